The smallest absolute Gasteiger partial charge is 0.328 e. The summed E-state index contributed by atoms with van der Waals surface area (Å²) in [6.07, 6.45) is 0. The summed E-state index contributed by atoms with van der Waals surface area (Å²) in [6, 6.07) is 6.27. The van der Waals surface area contributed by atoms with Gasteiger partial charge >= 0.3 is 5.97 Å². The zero-order chi connectivity index (χ0) is 11.5. The minimum absolute atomic E-state index is 0.0675. The van der Waals surface area contributed by atoms with Crippen molar-refractivity contribution in [3.05, 3.63) is 29.8 Å². The van der Waals surface area contributed by atoms with Crippen LogP contribution < -0.4 is 5.32 Å². The molecule has 3 N–H and O–H groups in total. The number of rotatable bonds is 4. The number of likely N-dealkylation sites (N-methyl/N-ethyl adjacent to an activating group) is 1. The number of aliphatic carboxylic acids is 1. The third-order valence-corrected chi connectivity index (χ3v) is 2.38. The van der Waals surface area contributed by atoms with Gasteiger partial charge in [0.1, 0.15) is 11.3 Å². The van der Waals surface area contributed by atoms with Gasteiger partial charge in [0, 0.05) is 0 Å². The fraction of sp³-hybridized carbons (Fsp3) is 0.364. The van der Waals surface area contributed by atoms with E-state index in [0.717, 1.165) is 0 Å². The number of phenols is 1. The highest BCUT2D eigenvalue weighted by Crippen LogP contribution is 2.24. The number of aromatic hydroxyl groups is 1. The largest absolute Gasteiger partial charge is 0.508 e. The van der Waals surface area contributed by atoms with Gasteiger partial charge in [0.2, 0.25) is 0 Å². The monoisotopic (exact) mass is 209 g/mol. The normalized spacial score (nSPS) is 14.5. The van der Waals surface area contributed by atoms with Crippen molar-refractivity contribution in [2.75, 3.05) is 6.54 Å². The van der Waals surface area contributed by atoms with E-state index in [1.165, 1.54) is 12.1 Å². The van der Waals surface area contributed by atoms with E-state index in [9.17, 15) is 9.90 Å². The molecule has 0 aromatic heterocycles. The Hall–Kier alpha value is -1.55. The average Bonchev–Trinajstić information content (AvgIpc) is 2.17. The van der Waals surface area contributed by atoms with Crippen molar-refractivity contribution in [3.63, 3.8) is 0 Å². The van der Waals surface area contributed by atoms with Crippen LogP contribution in [-0.4, -0.2) is 22.7 Å². The van der Waals surface area contributed by atoms with Gasteiger partial charge in [-0.15, -0.1) is 0 Å². The lowest BCUT2D eigenvalue weighted by Gasteiger charge is -2.26. The zero-order valence-electron chi connectivity index (χ0n) is 8.82. The lowest BCUT2D eigenvalue weighted by molar-refractivity contribution is -0.144. The van der Waals surface area contributed by atoms with Crippen molar-refractivity contribution in [3.8, 4) is 5.75 Å². The van der Waals surface area contributed by atoms with Crippen LogP contribution in [0.1, 0.15) is 19.4 Å². The van der Waals surface area contributed by atoms with Crippen molar-refractivity contribution in [1.82, 2.24) is 5.32 Å². The van der Waals surface area contributed by atoms with Crippen LogP contribution in [0.5, 0.6) is 5.75 Å². The van der Waals surface area contributed by atoms with E-state index in [1.54, 1.807) is 19.1 Å². The first kappa shape index (κ1) is 11.5. The van der Waals surface area contributed by atoms with Gasteiger partial charge in [0.25, 0.3) is 0 Å². The molecule has 0 spiro atoms. The number of hydrogen-bond acceptors (Lipinski definition) is 3. The van der Waals surface area contributed by atoms with E-state index in [0.29, 0.717) is 12.1 Å². The molecule has 1 aromatic carbocycles. The van der Waals surface area contributed by atoms with Crippen LogP contribution in [0.2, 0.25) is 0 Å². The maximum Gasteiger partial charge on any atom is 0.328 e. The molecule has 4 heteroatoms. The van der Waals surface area contributed by atoms with E-state index in [2.05, 4.69) is 5.32 Å². The molecule has 1 aromatic rings. The fourth-order valence-electron chi connectivity index (χ4n) is 1.47. The van der Waals surface area contributed by atoms with E-state index >= 15 is 0 Å². The summed E-state index contributed by atoms with van der Waals surface area (Å²) in [5, 5.41) is 21.4. The molecule has 1 unspecified atom stereocenters. The summed E-state index contributed by atoms with van der Waals surface area (Å²) in [4.78, 5) is 11.2. The summed E-state index contributed by atoms with van der Waals surface area (Å²) in [5.74, 6) is -0.896. The molecule has 0 aliphatic rings. The topological polar surface area (TPSA) is 69.6 Å². The first-order valence-corrected chi connectivity index (χ1v) is 4.78. The van der Waals surface area contributed by atoms with Crippen molar-refractivity contribution < 1.29 is 15.0 Å². The van der Waals surface area contributed by atoms with E-state index in [-0.39, 0.29) is 5.75 Å². The quantitative estimate of drug-likeness (QED) is 0.699. The van der Waals surface area contributed by atoms with E-state index in [4.69, 9.17) is 5.11 Å². The first-order valence-electron chi connectivity index (χ1n) is 4.78. The van der Waals surface area contributed by atoms with Gasteiger partial charge < -0.3 is 10.2 Å². The highest BCUT2D eigenvalue weighted by Gasteiger charge is 2.34. The maximum atomic E-state index is 11.2. The minimum atomic E-state index is -1.16. The van der Waals surface area contributed by atoms with Gasteiger partial charge in [-0.1, -0.05) is 19.1 Å². The summed E-state index contributed by atoms with van der Waals surface area (Å²) >= 11 is 0. The Morgan fingerprint density at radius 3 is 2.67 bits per heavy atom. The third kappa shape index (κ3) is 2.27. The summed E-state index contributed by atoms with van der Waals surface area (Å²) in [6.45, 7) is 3.95. The number of phenolic OH excluding ortho intramolecular Hbond substituents is 1. The van der Waals surface area contributed by atoms with Crippen molar-refractivity contribution >= 4 is 5.97 Å². The summed E-state index contributed by atoms with van der Waals surface area (Å²) < 4.78 is 0. The number of benzene rings is 1. The molecule has 0 radical (unpaired) electrons. The molecule has 0 bridgehead atoms. The Kier molecular flexibility index (Phi) is 3.31. The molecule has 0 aliphatic carbocycles. The molecule has 82 valence electrons. The van der Waals surface area contributed by atoms with Crippen LogP contribution >= 0.6 is 0 Å². The van der Waals surface area contributed by atoms with Gasteiger partial charge in [0.15, 0.2) is 0 Å². The second-order valence-corrected chi connectivity index (χ2v) is 3.51. The summed E-state index contributed by atoms with van der Waals surface area (Å²) in [7, 11) is 0. The molecule has 1 atom stereocenters. The Balaban J connectivity index is 3.15. The van der Waals surface area contributed by atoms with E-state index < -0.39 is 11.5 Å². The molecule has 4 nitrogen and oxygen atoms in total. The van der Waals surface area contributed by atoms with Crippen molar-refractivity contribution in [2.45, 2.75) is 19.4 Å². The van der Waals surface area contributed by atoms with Crippen molar-refractivity contribution in [1.29, 1.82) is 0 Å². The Morgan fingerprint density at radius 1 is 1.53 bits per heavy atom. The standard InChI is InChI=1S/C11H15NO3/c1-3-12-11(2,10(14)15)8-5-4-6-9(13)7-8/h4-7,12-13H,3H2,1-2H3,(H,14,15). The van der Waals surface area contributed by atoms with Crippen LogP contribution in [0.3, 0.4) is 0 Å². The van der Waals surface area contributed by atoms with Gasteiger partial charge in [-0.25, -0.2) is 4.79 Å². The fourth-order valence-corrected chi connectivity index (χ4v) is 1.47. The summed E-state index contributed by atoms with van der Waals surface area (Å²) in [5.41, 5.74) is -0.620. The molecule has 0 heterocycles. The second-order valence-electron chi connectivity index (χ2n) is 3.51. The molecule has 15 heavy (non-hydrogen) atoms. The SMILES string of the molecule is CCNC(C)(C(=O)O)c1cccc(O)c1. The van der Waals surface area contributed by atoms with Gasteiger partial charge in [-0.05, 0) is 31.2 Å². The van der Waals surface area contributed by atoms with Crippen LogP contribution in [0, 0.1) is 0 Å². The maximum absolute atomic E-state index is 11.2. The minimum Gasteiger partial charge on any atom is -0.508 e. The molecule has 0 fully saturated rings. The third-order valence-electron chi connectivity index (χ3n) is 2.38. The first-order chi connectivity index (χ1) is 7.00. The van der Waals surface area contributed by atoms with Gasteiger partial charge in [-0.2, -0.15) is 0 Å². The molecular weight excluding hydrogens is 194 g/mol. The van der Waals surface area contributed by atoms with Crippen molar-refractivity contribution in [2.24, 2.45) is 0 Å². The van der Waals surface area contributed by atoms with Crippen LogP contribution in [0.15, 0.2) is 24.3 Å². The number of nitrogens with one attached hydrogen (secondary N) is 1. The highest BCUT2D eigenvalue weighted by molar-refractivity contribution is 5.80. The number of carbonyl (C=O) groups is 1. The Morgan fingerprint density at radius 2 is 2.20 bits per heavy atom. The predicted molar refractivity (Wildman–Crippen MR) is 56.8 cm³/mol. The van der Waals surface area contributed by atoms with Crippen LogP contribution in [-0.2, 0) is 10.3 Å². The Bertz CT molecular complexity index is 365. The number of hydrogen-bond donors (Lipinski definition) is 3. The molecule has 0 saturated heterocycles. The molecule has 1 rings (SSSR count). The second kappa shape index (κ2) is 4.31. The van der Waals surface area contributed by atoms with Gasteiger partial charge in [-0.3, -0.25) is 5.32 Å². The lowest BCUT2D eigenvalue weighted by atomic mass is 9.92. The highest BCUT2D eigenvalue weighted by atomic mass is 16.4. The Labute approximate surface area is 88.6 Å². The zero-order valence-corrected chi connectivity index (χ0v) is 8.82. The predicted octanol–water partition coefficient (Wildman–Crippen LogP) is 1.30. The molecular formula is C11H15NO3. The van der Waals surface area contributed by atoms with Crippen LogP contribution in [0.25, 0.3) is 0 Å². The van der Waals surface area contributed by atoms with Crippen LogP contribution in [0.4, 0.5) is 0 Å². The van der Waals surface area contributed by atoms with E-state index in [1.807, 2.05) is 6.92 Å². The average molecular weight is 209 g/mol. The number of carboxylic acids is 1. The number of carboxylic acid groups (broad SMARTS) is 1. The molecule has 0 amide bonds. The molecule has 0 aliphatic heterocycles. The van der Waals surface area contributed by atoms with Gasteiger partial charge in [0.05, 0.1) is 0 Å². The molecule has 0 saturated carbocycles. The lowest BCUT2D eigenvalue weighted by Crippen LogP contribution is -2.46.